The molecule has 0 spiro atoms. The number of carbonyl (C=O) groups is 1. The molecular formula is C11H13N3O2. The Hall–Kier alpha value is -1.88. The van der Waals surface area contributed by atoms with Crippen LogP contribution in [0.4, 0.5) is 0 Å². The predicted octanol–water partition coefficient (Wildman–Crippen LogP) is 0.445. The van der Waals surface area contributed by atoms with Gasteiger partial charge in [-0.1, -0.05) is 0 Å². The number of amides is 1. The van der Waals surface area contributed by atoms with Crippen LogP contribution in [0.15, 0.2) is 30.9 Å². The van der Waals surface area contributed by atoms with Gasteiger partial charge < -0.3 is 14.8 Å². The Bertz CT molecular complexity index is 505. The highest BCUT2D eigenvalue weighted by atomic mass is 16.3. The van der Waals surface area contributed by atoms with Crippen molar-refractivity contribution in [3.05, 3.63) is 36.4 Å². The first-order valence-corrected chi connectivity index (χ1v) is 5.05. The molecule has 0 saturated carbocycles. The van der Waals surface area contributed by atoms with Gasteiger partial charge in [0.1, 0.15) is 0 Å². The fraction of sp³-hybridized carbons (Fsp3) is 0.273. The lowest BCUT2D eigenvalue weighted by Gasteiger charge is -2.07. The van der Waals surface area contributed by atoms with E-state index >= 15 is 0 Å². The van der Waals surface area contributed by atoms with E-state index in [0.717, 1.165) is 5.52 Å². The highest BCUT2D eigenvalue weighted by molar-refractivity contribution is 5.95. The first-order chi connectivity index (χ1) is 7.66. The number of fused-ring (bicyclic) bond motifs is 1. The minimum Gasteiger partial charge on any atom is -0.392 e. The van der Waals surface area contributed by atoms with Crippen LogP contribution >= 0.6 is 0 Å². The molecule has 16 heavy (non-hydrogen) atoms. The number of hydrogen-bond donors (Lipinski definition) is 2. The van der Waals surface area contributed by atoms with Crippen LogP contribution in [-0.2, 0) is 0 Å². The molecule has 5 nitrogen and oxygen atoms in total. The molecule has 0 radical (unpaired) electrons. The molecule has 0 aliphatic carbocycles. The van der Waals surface area contributed by atoms with Crippen LogP contribution in [0.2, 0.25) is 0 Å². The molecule has 1 amide bonds. The van der Waals surface area contributed by atoms with Crippen LogP contribution in [0, 0.1) is 0 Å². The van der Waals surface area contributed by atoms with E-state index in [9.17, 15) is 4.79 Å². The first-order valence-electron chi connectivity index (χ1n) is 5.05. The molecule has 2 aromatic rings. The van der Waals surface area contributed by atoms with Gasteiger partial charge in [-0.15, -0.1) is 0 Å². The molecular weight excluding hydrogens is 206 g/mol. The van der Waals surface area contributed by atoms with E-state index in [4.69, 9.17) is 5.11 Å². The molecule has 0 aliphatic rings. The number of carbonyl (C=O) groups excluding carboxylic acids is 1. The van der Waals surface area contributed by atoms with E-state index < -0.39 is 6.10 Å². The minimum atomic E-state index is -0.539. The molecule has 2 aromatic heterocycles. The molecule has 5 heteroatoms. The predicted molar refractivity (Wildman–Crippen MR) is 59.2 cm³/mol. The van der Waals surface area contributed by atoms with Gasteiger partial charge in [-0.25, -0.2) is 4.98 Å². The van der Waals surface area contributed by atoms with Crippen molar-refractivity contribution in [1.29, 1.82) is 0 Å². The molecule has 1 atom stereocenters. The summed E-state index contributed by atoms with van der Waals surface area (Å²) in [6, 6.07) is 3.47. The number of pyridine rings is 1. The summed E-state index contributed by atoms with van der Waals surface area (Å²) in [5, 5.41) is 11.7. The lowest BCUT2D eigenvalue weighted by molar-refractivity contribution is 0.0924. The van der Waals surface area contributed by atoms with E-state index in [0.29, 0.717) is 5.56 Å². The second-order valence-corrected chi connectivity index (χ2v) is 3.70. The standard InChI is InChI=1S/C11H13N3O2/c1-8(15)5-13-11(16)9-2-3-14-7-12-6-10(14)4-9/h2-4,6-8,15H,5H2,1H3,(H,13,16). The second-order valence-electron chi connectivity index (χ2n) is 3.70. The zero-order valence-electron chi connectivity index (χ0n) is 8.92. The number of aromatic nitrogens is 2. The first kappa shape index (κ1) is 10.6. The lowest BCUT2D eigenvalue weighted by Crippen LogP contribution is -2.30. The van der Waals surface area contributed by atoms with Crippen molar-refractivity contribution in [1.82, 2.24) is 14.7 Å². The van der Waals surface area contributed by atoms with Crippen LogP contribution in [0.25, 0.3) is 5.52 Å². The average Bonchev–Trinajstić information content (AvgIpc) is 2.72. The molecule has 0 aromatic carbocycles. The van der Waals surface area contributed by atoms with Crippen LogP contribution in [0.1, 0.15) is 17.3 Å². The van der Waals surface area contributed by atoms with E-state index in [1.165, 1.54) is 0 Å². The summed E-state index contributed by atoms with van der Waals surface area (Å²) < 4.78 is 1.82. The maximum absolute atomic E-state index is 11.7. The number of imidazole rings is 1. The number of aliphatic hydroxyl groups is 1. The molecule has 0 bridgehead atoms. The van der Waals surface area contributed by atoms with E-state index in [1.54, 1.807) is 37.8 Å². The van der Waals surface area contributed by atoms with Crippen molar-refractivity contribution in [2.45, 2.75) is 13.0 Å². The van der Waals surface area contributed by atoms with Crippen molar-refractivity contribution in [2.75, 3.05) is 6.54 Å². The Labute approximate surface area is 92.7 Å². The quantitative estimate of drug-likeness (QED) is 0.787. The maximum Gasteiger partial charge on any atom is 0.251 e. The van der Waals surface area contributed by atoms with Crippen molar-refractivity contribution < 1.29 is 9.90 Å². The molecule has 1 unspecified atom stereocenters. The highest BCUT2D eigenvalue weighted by Crippen LogP contribution is 2.06. The third kappa shape index (κ3) is 2.20. The minimum absolute atomic E-state index is 0.190. The number of rotatable bonds is 3. The zero-order valence-corrected chi connectivity index (χ0v) is 8.92. The summed E-state index contributed by atoms with van der Waals surface area (Å²) in [5.41, 5.74) is 1.43. The molecule has 0 fully saturated rings. The van der Waals surface area contributed by atoms with Gasteiger partial charge in [0, 0.05) is 18.3 Å². The number of nitrogens with one attached hydrogen (secondary N) is 1. The van der Waals surface area contributed by atoms with E-state index in [2.05, 4.69) is 10.3 Å². The maximum atomic E-state index is 11.7. The van der Waals surface area contributed by atoms with Gasteiger partial charge >= 0.3 is 0 Å². The molecule has 0 saturated heterocycles. The van der Waals surface area contributed by atoms with Gasteiger partial charge in [0.25, 0.3) is 5.91 Å². The fourth-order valence-corrected chi connectivity index (χ4v) is 1.40. The molecule has 2 heterocycles. The highest BCUT2D eigenvalue weighted by Gasteiger charge is 2.07. The van der Waals surface area contributed by atoms with Gasteiger partial charge in [-0.3, -0.25) is 4.79 Å². The van der Waals surface area contributed by atoms with Gasteiger partial charge in [0.05, 0.1) is 24.1 Å². The van der Waals surface area contributed by atoms with Crippen molar-refractivity contribution in [2.24, 2.45) is 0 Å². The molecule has 0 aliphatic heterocycles. The van der Waals surface area contributed by atoms with Gasteiger partial charge in [0.2, 0.25) is 0 Å². The zero-order chi connectivity index (χ0) is 11.5. The lowest BCUT2D eigenvalue weighted by atomic mass is 10.2. The molecule has 2 N–H and O–H groups in total. The monoisotopic (exact) mass is 219 g/mol. The summed E-state index contributed by atoms with van der Waals surface area (Å²) in [5.74, 6) is -0.190. The second kappa shape index (κ2) is 4.32. The molecule has 2 rings (SSSR count). The summed E-state index contributed by atoms with van der Waals surface area (Å²) in [7, 11) is 0. The summed E-state index contributed by atoms with van der Waals surface area (Å²) in [6.45, 7) is 1.88. The third-order valence-electron chi connectivity index (χ3n) is 2.23. The van der Waals surface area contributed by atoms with Crippen molar-refractivity contribution in [3.63, 3.8) is 0 Å². The Kier molecular flexibility index (Phi) is 2.87. The summed E-state index contributed by atoms with van der Waals surface area (Å²) >= 11 is 0. The Balaban J connectivity index is 2.16. The Morgan fingerprint density at radius 1 is 1.69 bits per heavy atom. The van der Waals surface area contributed by atoms with Crippen LogP contribution in [0.3, 0.4) is 0 Å². The fourth-order valence-electron chi connectivity index (χ4n) is 1.40. The number of aliphatic hydroxyl groups excluding tert-OH is 1. The average molecular weight is 219 g/mol. The summed E-state index contributed by atoms with van der Waals surface area (Å²) in [6.07, 6.45) is 4.60. The van der Waals surface area contributed by atoms with Crippen molar-refractivity contribution >= 4 is 11.4 Å². The van der Waals surface area contributed by atoms with Gasteiger partial charge in [-0.2, -0.15) is 0 Å². The van der Waals surface area contributed by atoms with Crippen LogP contribution in [0.5, 0.6) is 0 Å². The topological polar surface area (TPSA) is 66.6 Å². The van der Waals surface area contributed by atoms with Crippen LogP contribution < -0.4 is 5.32 Å². The van der Waals surface area contributed by atoms with Crippen molar-refractivity contribution in [3.8, 4) is 0 Å². The third-order valence-corrected chi connectivity index (χ3v) is 2.23. The largest absolute Gasteiger partial charge is 0.392 e. The summed E-state index contributed by atoms with van der Waals surface area (Å²) in [4.78, 5) is 15.6. The molecule has 84 valence electrons. The smallest absolute Gasteiger partial charge is 0.251 e. The normalized spacial score (nSPS) is 12.6. The number of nitrogens with zero attached hydrogens (tertiary/aromatic N) is 2. The Morgan fingerprint density at radius 3 is 3.25 bits per heavy atom. The number of hydrogen-bond acceptors (Lipinski definition) is 3. The van der Waals surface area contributed by atoms with Crippen LogP contribution in [-0.4, -0.2) is 33.0 Å². The van der Waals surface area contributed by atoms with E-state index in [1.807, 2.05) is 4.40 Å². The van der Waals surface area contributed by atoms with Gasteiger partial charge in [0.15, 0.2) is 0 Å². The van der Waals surface area contributed by atoms with Gasteiger partial charge in [-0.05, 0) is 19.1 Å². The van der Waals surface area contributed by atoms with E-state index in [-0.39, 0.29) is 12.5 Å². The SMILES string of the molecule is CC(O)CNC(=O)c1ccn2cncc2c1. The Morgan fingerprint density at radius 2 is 2.50 bits per heavy atom.